The molecule has 0 bridgehead atoms. The molecule has 0 saturated carbocycles. The largest absolute Gasteiger partial charge is 0.497 e. The highest BCUT2D eigenvalue weighted by atomic mass is 16.5. The molecule has 4 rings (SSSR count). The Bertz CT molecular complexity index is 866. The average molecular weight is 306 g/mol. The van der Waals surface area contributed by atoms with Gasteiger partial charge in [0.2, 0.25) is 0 Å². The van der Waals surface area contributed by atoms with Crippen LogP contribution < -0.4 is 9.47 Å². The first-order valence-corrected chi connectivity index (χ1v) is 7.61. The first-order valence-electron chi connectivity index (χ1n) is 7.61. The topological polar surface area (TPSA) is 36.3 Å². The molecule has 4 heteroatoms. The van der Waals surface area contributed by atoms with Crippen molar-refractivity contribution in [3.05, 3.63) is 60.3 Å². The van der Waals surface area contributed by atoms with Gasteiger partial charge in [-0.05, 0) is 38.1 Å². The lowest BCUT2D eigenvalue weighted by molar-refractivity contribution is 0.105. The predicted octanol–water partition coefficient (Wildman–Crippen LogP) is 4.18. The molecule has 4 nitrogen and oxygen atoms in total. The van der Waals surface area contributed by atoms with E-state index in [-0.39, 0.29) is 0 Å². The fourth-order valence-corrected chi connectivity index (χ4v) is 2.97. The zero-order valence-corrected chi connectivity index (χ0v) is 13.4. The summed E-state index contributed by atoms with van der Waals surface area (Å²) < 4.78 is 13.4. The molecule has 3 aromatic rings. The van der Waals surface area contributed by atoms with Crippen LogP contribution in [0.2, 0.25) is 0 Å². The summed E-state index contributed by atoms with van der Waals surface area (Å²) in [4.78, 5) is 0. The van der Waals surface area contributed by atoms with Crippen LogP contribution in [0.25, 0.3) is 16.9 Å². The maximum atomic E-state index is 6.20. The van der Waals surface area contributed by atoms with Gasteiger partial charge < -0.3 is 9.47 Å². The van der Waals surface area contributed by atoms with Crippen molar-refractivity contribution < 1.29 is 9.47 Å². The van der Waals surface area contributed by atoms with Crippen LogP contribution in [0.4, 0.5) is 0 Å². The second kappa shape index (κ2) is 4.88. The maximum absolute atomic E-state index is 6.20. The van der Waals surface area contributed by atoms with E-state index in [0.717, 1.165) is 34.0 Å². The smallest absolute Gasteiger partial charge is 0.133 e. The number of hydrogen-bond acceptors (Lipinski definition) is 3. The van der Waals surface area contributed by atoms with Crippen LogP contribution in [0.1, 0.15) is 19.4 Å². The Morgan fingerprint density at radius 1 is 1.09 bits per heavy atom. The van der Waals surface area contributed by atoms with Crippen LogP contribution >= 0.6 is 0 Å². The van der Waals surface area contributed by atoms with Gasteiger partial charge in [-0.1, -0.05) is 18.2 Å². The first kappa shape index (κ1) is 13.9. The number of methoxy groups -OCH3 is 1. The second-order valence-corrected chi connectivity index (χ2v) is 6.15. The zero-order chi connectivity index (χ0) is 16.0. The Labute approximate surface area is 135 Å². The van der Waals surface area contributed by atoms with Gasteiger partial charge in [0.05, 0.1) is 12.8 Å². The van der Waals surface area contributed by atoms with Crippen molar-refractivity contribution in [3.8, 4) is 28.4 Å². The molecule has 1 aliphatic rings. The van der Waals surface area contributed by atoms with Crippen LogP contribution in [0.5, 0.6) is 11.5 Å². The van der Waals surface area contributed by atoms with Crippen LogP contribution in [-0.4, -0.2) is 16.9 Å². The molecular formula is C19H18N2O2. The van der Waals surface area contributed by atoms with Gasteiger partial charge in [-0.3, -0.25) is 0 Å². The molecular weight excluding hydrogens is 288 g/mol. The fraction of sp³-hybridized carbons (Fsp3) is 0.211. The minimum Gasteiger partial charge on any atom is -0.497 e. The predicted molar refractivity (Wildman–Crippen MR) is 89.2 cm³/mol. The summed E-state index contributed by atoms with van der Waals surface area (Å²) in [5.41, 5.74) is 3.63. The van der Waals surface area contributed by atoms with Crippen molar-refractivity contribution in [2.24, 2.45) is 0 Å². The summed E-state index contributed by atoms with van der Waals surface area (Å²) in [7, 11) is 1.66. The Kier molecular flexibility index (Phi) is 2.94. The van der Waals surface area contributed by atoms with Gasteiger partial charge in [-0.25, -0.2) is 4.68 Å². The van der Waals surface area contributed by atoms with E-state index in [1.807, 2.05) is 53.2 Å². The Balaban J connectivity index is 1.91. The molecule has 23 heavy (non-hydrogen) atoms. The van der Waals surface area contributed by atoms with E-state index >= 15 is 0 Å². The molecule has 0 atom stereocenters. The molecule has 0 saturated heterocycles. The number of ether oxygens (including phenoxy) is 2. The highest BCUT2D eigenvalue weighted by molar-refractivity contribution is 5.74. The highest BCUT2D eigenvalue weighted by Gasteiger charge is 2.35. The third-order valence-electron chi connectivity index (χ3n) is 4.19. The molecule has 0 aliphatic carbocycles. The monoisotopic (exact) mass is 306 g/mol. The van der Waals surface area contributed by atoms with Crippen molar-refractivity contribution >= 4 is 0 Å². The van der Waals surface area contributed by atoms with Crippen molar-refractivity contribution in [1.82, 2.24) is 9.78 Å². The lowest BCUT2D eigenvalue weighted by Crippen LogP contribution is -2.28. The fourth-order valence-electron chi connectivity index (χ4n) is 2.97. The number of nitrogens with zero attached hydrogens (tertiary/aromatic N) is 2. The van der Waals surface area contributed by atoms with Gasteiger partial charge in [0.15, 0.2) is 0 Å². The Morgan fingerprint density at radius 3 is 2.61 bits per heavy atom. The molecule has 116 valence electrons. The summed E-state index contributed by atoms with van der Waals surface area (Å²) >= 11 is 0. The third-order valence-corrected chi connectivity index (χ3v) is 4.19. The minimum absolute atomic E-state index is 0.443. The molecule has 0 unspecified atom stereocenters. The van der Waals surface area contributed by atoms with Crippen molar-refractivity contribution in [1.29, 1.82) is 0 Å². The van der Waals surface area contributed by atoms with E-state index < -0.39 is 5.60 Å². The second-order valence-electron chi connectivity index (χ2n) is 6.15. The standard InChI is InChI=1S/C19H18N2O2/c1-19(2)16-12-21(13-7-5-4-6-8-13)20-18(16)15-10-9-14(22-3)11-17(15)23-19/h4-12H,1-3H3. The van der Waals surface area contributed by atoms with Crippen molar-refractivity contribution in [3.63, 3.8) is 0 Å². The maximum Gasteiger partial charge on any atom is 0.133 e. The lowest BCUT2D eigenvalue weighted by atomic mass is 9.92. The molecule has 0 spiro atoms. The third kappa shape index (κ3) is 2.18. The number of benzene rings is 2. The number of fused-ring (bicyclic) bond motifs is 3. The molecule has 0 radical (unpaired) electrons. The van der Waals surface area contributed by atoms with Gasteiger partial charge in [0.25, 0.3) is 0 Å². The summed E-state index contributed by atoms with van der Waals surface area (Å²) in [5, 5.41) is 4.81. The van der Waals surface area contributed by atoms with E-state index in [0.29, 0.717) is 0 Å². The number of aromatic nitrogens is 2. The minimum atomic E-state index is -0.443. The quantitative estimate of drug-likeness (QED) is 0.713. The van der Waals surface area contributed by atoms with Crippen LogP contribution in [0.15, 0.2) is 54.7 Å². The van der Waals surface area contributed by atoms with Crippen molar-refractivity contribution in [2.75, 3.05) is 7.11 Å². The number of rotatable bonds is 2. The summed E-state index contributed by atoms with van der Waals surface area (Å²) in [5.74, 6) is 1.59. The van der Waals surface area contributed by atoms with Crippen LogP contribution in [-0.2, 0) is 5.60 Å². The van der Waals surface area contributed by atoms with E-state index in [4.69, 9.17) is 14.6 Å². The average Bonchev–Trinajstić information content (AvgIpc) is 3.01. The Morgan fingerprint density at radius 2 is 1.87 bits per heavy atom. The SMILES string of the molecule is COc1ccc2c(c1)OC(C)(C)c1cn(-c3ccccc3)nc1-2. The van der Waals surface area contributed by atoms with E-state index in [1.54, 1.807) is 7.11 Å². The molecule has 2 heterocycles. The molecule has 1 aliphatic heterocycles. The first-order chi connectivity index (χ1) is 11.1. The van der Waals surface area contributed by atoms with Gasteiger partial charge in [-0.15, -0.1) is 0 Å². The van der Waals surface area contributed by atoms with Crippen LogP contribution in [0, 0.1) is 0 Å². The van der Waals surface area contributed by atoms with Crippen LogP contribution in [0.3, 0.4) is 0 Å². The lowest BCUT2D eigenvalue weighted by Gasteiger charge is -2.32. The van der Waals surface area contributed by atoms with Gasteiger partial charge in [-0.2, -0.15) is 5.10 Å². The van der Waals surface area contributed by atoms with E-state index in [2.05, 4.69) is 20.0 Å². The molecule has 0 N–H and O–H groups in total. The van der Waals surface area contributed by atoms with Crippen molar-refractivity contribution in [2.45, 2.75) is 19.4 Å². The summed E-state index contributed by atoms with van der Waals surface area (Å²) in [6, 6.07) is 16.0. The summed E-state index contributed by atoms with van der Waals surface area (Å²) in [6.45, 7) is 4.12. The molecule has 1 aromatic heterocycles. The normalized spacial score (nSPS) is 14.6. The number of para-hydroxylation sites is 1. The zero-order valence-electron chi connectivity index (χ0n) is 13.4. The molecule has 2 aromatic carbocycles. The van der Waals surface area contributed by atoms with E-state index in [9.17, 15) is 0 Å². The van der Waals surface area contributed by atoms with Gasteiger partial charge in [0, 0.05) is 23.4 Å². The number of hydrogen-bond donors (Lipinski definition) is 0. The van der Waals surface area contributed by atoms with Gasteiger partial charge in [0.1, 0.15) is 22.8 Å². The highest BCUT2D eigenvalue weighted by Crippen LogP contribution is 2.45. The van der Waals surface area contributed by atoms with E-state index in [1.165, 1.54) is 0 Å². The Hall–Kier alpha value is -2.75. The molecule has 0 fully saturated rings. The summed E-state index contributed by atoms with van der Waals surface area (Å²) in [6.07, 6.45) is 2.05. The van der Waals surface area contributed by atoms with Gasteiger partial charge >= 0.3 is 0 Å². The molecule has 0 amide bonds.